The van der Waals surface area contributed by atoms with Crippen LogP contribution in [0.15, 0.2) is 77.7 Å². The summed E-state index contributed by atoms with van der Waals surface area (Å²) >= 11 is 0. The van der Waals surface area contributed by atoms with Crippen LogP contribution in [0.1, 0.15) is 41.3 Å². The number of anilines is 1. The van der Waals surface area contributed by atoms with Gasteiger partial charge in [0.1, 0.15) is 5.82 Å². The standard InChI is InChI=1S/C27H29FN2O5S/c1-3-4-17-35-27(32)21-11-13-23(14-12-21)29-26(31)19-30(18-22-7-5-6-8-25(22)28)36(33,34)24-15-9-20(2)10-16-24/h5-16H,3-4,17-19H2,1-2H3,(H,29,31). The van der Waals surface area contributed by atoms with E-state index in [2.05, 4.69) is 5.32 Å². The quantitative estimate of drug-likeness (QED) is 0.291. The molecule has 0 saturated heterocycles. The zero-order valence-electron chi connectivity index (χ0n) is 20.2. The normalized spacial score (nSPS) is 11.3. The summed E-state index contributed by atoms with van der Waals surface area (Å²) < 4.78 is 47.1. The van der Waals surface area contributed by atoms with Crippen LogP contribution in [0.5, 0.6) is 0 Å². The Bertz CT molecular complexity index is 1290. The third kappa shape index (κ3) is 7.22. The minimum absolute atomic E-state index is 0.00294. The van der Waals surface area contributed by atoms with E-state index in [1.807, 2.05) is 13.8 Å². The van der Waals surface area contributed by atoms with Gasteiger partial charge in [-0.15, -0.1) is 0 Å². The van der Waals surface area contributed by atoms with Gasteiger partial charge in [0.25, 0.3) is 0 Å². The Morgan fingerprint density at radius 1 is 0.972 bits per heavy atom. The molecule has 0 aliphatic carbocycles. The molecule has 3 aromatic rings. The fourth-order valence-electron chi connectivity index (χ4n) is 3.34. The average molecular weight is 513 g/mol. The Hall–Kier alpha value is -3.56. The first-order valence-corrected chi connectivity index (χ1v) is 13.0. The second kappa shape index (κ2) is 12.4. The number of carbonyl (C=O) groups excluding carboxylic acids is 2. The second-order valence-corrected chi connectivity index (χ2v) is 10.2. The first-order valence-electron chi connectivity index (χ1n) is 11.6. The zero-order chi connectivity index (χ0) is 26.1. The van der Waals surface area contributed by atoms with Crippen molar-refractivity contribution in [2.45, 2.75) is 38.1 Å². The molecule has 0 aromatic heterocycles. The zero-order valence-corrected chi connectivity index (χ0v) is 21.1. The number of benzene rings is 3. The number of rotatable bonds is 11. The van der Waals surface area contributed by atoms with E-state index in [0.29, 0.717) is 17.9 Å². The minimum Gasteiger partial charge on any atom is -0.462 e. The Labute approximate surface area is 211 Å². The Morgan fingerprint density at radius 3 is 2.28 bits per heavy atom. The molecule has 0 saturated carbocycles. The van der Waals surface area contributed by atoms with E-state index in [0.717, 1.165) is 22.7 Å². The molecule has 0 atom stereocenters. The molecule has 3 aromatic carbocycles. The highest BCUT2D eigenvalue weighted by Gasteiger charge is 2.28. The summed E-state index contributed by atoms with van der Waals surface area (Å²) in [6.45, 7) is 3.30. The van der Waals surface area contributed by atoms with Gasteiger partial charge < -0.3 is 10.1 Å². The van der Waals surface area contributed by atoms with Crippen LogP contribution in [-0.4, -0.2) is 37.8 Å². The number of carbonyl (C=O) groups is 2. The molecule has 0 radical (unpaired) electrons. The predicted molar refractivity (Wildman–Crippen MR) is 135 cm³/mol. The maximum atomic E-state index is 14.3. The van der Waals surface area contributed by atoms with Crippen LogP contribution in [0.3, 0.4) is 0 Å². The van der Waals surface area contributed by atoms with Gasteiger partial charge in [-0.05, 0) is 55.8 Å². The van der Waals surface area contributed by atoms with Crippen molar-refractivity contribution >= 4 is 27.6 Å². The maximum absolute atomic E-state index is 14.3. The van der Waals surface area contributed by atoms with Crippen LogP contribution in [0.2, 0.25) is 0 Å². The molecular weight excluding hydrogens is 483 g/mol. The fraction of sp³-hybridized carbons (Fsp3) is 0.259. The number of hydrogen-bond acceptors (Lipinski definition) is 5. The van der Waals surface area contributed by atoms with Gasteiger partial charge in [0.05, 0.1) is 23.6 Å². The number of nitrogens with one attached hydrogen (secondary N) is 1. The first kappa shape index (κ1) is 27.0. The summed E-state index contributed by atoms with van der Waals surface area (Å²) in [5, 5.41) is 2.63. The number of amides is 1. The number of aryl methyl sites for hydroxylation is 1. The van der Waals surface area contributed by atoms with Crippen LogP contribution in [0.4, 0.5) is 10.1 Å². The third-order valence-electron chi connectivity index (χ3n) is 5.42. The van der Waals surface area contributed by atoms with Crippen molar-refractivity contribution < 1.29 is 27.1 Å². The molecule has 0 unspecified atom stereocenters. The number of hydrogen-bond donors (Lipinski definition) is 1. The molecule has 0 heterocycles. The molecule has 36 heavy (non-hydrogen) atoms. The van der Waals surface area contributed by atoms with Gasteiger partial charge in [-0.2, -0.15) is 4.31 Å². The molecule has 0 aliphatic heterocycles. The SMILES string of the molecule is CCCCOC(=O)c1ccc(NC(=O)CN(Cc2ccccc2F)S(=O)(=O)c2ccc(C)cc2)cc1. The topological polar surface area (TPSA) is 92.8 Å². The summed E-state index contributed by atoms with van der Waals surface area (Å²) in [5.74, 6) is -1.63. The Morgan fingerprint density at radius 2 is 1.64 bits per heavy atom. The van der Waals surface area contributed by atoms with Gasteiger partial charge >= 0.3 is 5.97 Å². The van der Waals surface area contributed by atoms with Crippen molar-refractivity contribution in [2.24, 2.45) is 0 Å². The highest BCUT2D eigenvalue weighted by atomic mass is 32.2. The second-order valence-electron chi connectivity index (χ2n) is 8.29. The minimum atomic E-state index is -4.10. The van der Waals surface area contributed by atoms with Gasteiger partial charge in [-0.25, -0.2) is 17.6 Å². The summed E-state index contributed by atoms with van der Waals surface area (Å²) in [7, 11) is -4.10. The summed E-state index contributed by atoms with van der Waals surface area (Å²) in [5.41, 5.74) is 1.74. The molecule has 3 rings (SSSR count). The number of halogens is 1. The highest BCUT2D eigenvalue weighted by Crippen LogP contribution is 2.21. The summed E-state index contributed by atoms with van der Waals surface area (Å²) in [6, 6.07) is 18.1. The van der Waals surface area contributed by atoms with Crippen molar-refractivity contribution in [2.75, 3.05) is 18.5 Å². The van der Waals surface area contributed by atoms with Crippen LogP contribution < -0.4 is 5.32 Å². The number of nitrogens with zero attached hydrogens (tertiary/aromatic N) is 1. The van der Waals surface area contributed by atoms with Crippen LogP contribution in [0, 0.1) is 12.7 Å². The molecule has 0 aliphatic rings. The smallest absolute Gasteiger partial charge is 0.338 e. The highest BCUT2D eigenvalue weighted by molar-refractivity contribution is 7.89. The summed E-state index contributed by atoms with van der Waals surface area (Å²) in [4.78, 5) is 24.9. The molecular formula is C27H29FN2O5S. The third-order valence-corrected chi connectivity index (χ3v) is 7.22. The van der Waals surface area contributed by atoms with E-state index in [-0.39, 0.29) is 17.0 Å². The summed E-state index contributed by atoms with van der Waals surface area (Å²) in [6.07, 6.45) is 1.68. The molecule has 7 nitrogen and oxygen atoms in total. The van der Waals surface area contributed by atoms with E-state index in [4.69, 9.17) is 4.74 Å². The number of ether oxygens (including phenoxy) is 1. The van der Waals surface area contributed by atoms with E-state index in [1.165, 1.54) is 54.6 Å². The lowest BCUT2D eigenvalue weighted by Crippen LogP contribution is -2.37. The lowest BCUT2D eigenvalue weighted by Gasteiger charge is -2.22. The van der Waals surface area contributed by atoms with Gasteiger partial charge in [0.15, 0.2) is 0 Å². The molecule has 9 heteroatoms. The Balaban J connectivity index is 1.76. The van der Waals surface area contributed by atoms with Gasteiger partial charge in [-0.1, -0.05) is 49.2 Å². The van der Waals surface area contributed by atoms with Crippen LogP contribution >= 0.6 is 0 Å². The van der Waals surface area contributed by atoms with Crippen molar-refractivity contribution in [1.29, 1.82) is 0 Å². The maximum Gasteiger partial charge on any atom is 0.338 e. The molecule has 0 spiro atoms. The molecule has 1 N–H and O–H groups in total. The van der Waals surface area contributed by atoms with Gasteiger partial charge in [0.2, 0.25) is 15.9 Å². The van der Waals surface area contributed by atoms with Crippen molar-refractivity contribution in [3.63, 3.8) is 0 Å². The average Bonchev–Trinajstić information content (AvgIpc) is 2.85. The van der Waals surface area contributed by atoms with E-state index >= 15 is 0 Å². The van der Waals surface area contributed by atoms with E-state index < -0.39 is 34.3 Å². The molecule has 1 amide bonds. The first-order chi connectivity index (χ1) is 17.2. The lowest BCUT2D eigenvalue weighted by molar-refractivity contribution is -0.116. The fourth-order valence-corrected chi connectivity index (χ4v) is 4.72. The van der Waals surface area contributed by atoms with Crippen molar-refractivity contribution in [1.82, 2.24) is 4.31 Å². The van der Waals surface area contributed by atoms with Crippen molar-refractivity contribution in [3.05, 3.63) is 95.3 Å². The van der Waals surface area contributed by atoms with Crippen molar-refractivity contribution in [3.8, 4) is 0 Å². The monoisotopic (exact) mass is 512 g/mol. The lowest BCUT2D eigenvalue weighted by atomic mass is 10.2. The van der Waals surface area contributed by atoms with Gasteiger partial charge in [0, 0.05) is 17.8 Å². The van der Waals surface area contributed by atoms with Crippen LogP contribution in [0.25, 0.3) is 0 Å². The van der Waals surface area contributed by atoms with Gasteiger partial charge in [-0.3, -0.25) is 4.79 Å². The Kier molecular flexibility index (Phi) is 9.32. The molecule has 0 bridgehead atoms. The van der Waals surface area contributed by atoms with E-state index in [9.17, 15) is 22.4 Å². The molecule has 0 fully saturated rings. The number of sulfonamides is 1. The number of esters is 1. The largest absolute Gasteiger partial charge is 0.462 e. The number of unbranched alkanes of at least 4 members (excludes halogenated alkanes) is 1. The predicted octanol–water partition coefficient (Wildman–Crippen LogP) is 4.92. The van der Waals surface area contributed by atoms with Crippen LogP contribution in [-0.2, 0) is 26.1 Å². The van der Waals surface area contributed by atoms with E-state index in [1.54, 1.807) is 18.2 Å². The molecule has 190 valence electrons.